The fourth-order valence-corrected chi connectivity index (χ4v) is 3.79. The first-order valence-corrected chi connectivity index (χ1v) is 7.19. The van der Waals surface area contributed by atoms with E-state index in [1.807, 2.05) is 13.0 Å². The van der Waals surface area contributed by atoms with Gasteiger partial charge in [0.1, 0.15) is 0 Å². The highest BCUT2D eigenvalue weighted by atomic mass is 16.3. The van der Waals surface area contributed by atoms with E-state index >= 15 is 0 Å². The Kier molecular flexibility index (Phi) is 3.09. The lowest BCUT2D eigenvalue weighted by Crippen LogP contribution is -2.48. The van der Waals surface area contributed by atoms with Crippen molar-refractivity contribution >= 4 is 0 Å². The van der Waals surface area contributed by atoms with Gasteiger partial charge in [0.05, 0.1) is 0 Å². The third-order valence-corrected chi connectivity index (χ3v) is 4.74. The first kappa shape index (κ1) is 13.3. The molecule has 3 heteroatoms. The molecule has 0 spiro atoms. The van der Waals surface area contributed by atoms with Crippen LogP contribution in [0.25, 0.3) is 0 Å². The van der Waals surface area contributed by atoms with Gasteiger partial charge in [-0.1, -0.05) is 24.3 Å². The van der Waals surface area contributed by atoms with Crippen molar-refractivity contribution in [1.82, 2.24) is 5.32 Å². The second kappa shape index (κ2) is 4.67. The van der Waals surface area contributed by atoms with Crippen molar-refractivity contribution in [2.45, 2.75) is 38.1 Å². The third-order valence-electron chi connectivity index (χ3n) is 4.74. The molecule has 1 aliphatic carbocycles. The van der Waals surface area contributed by atoms with E-state index in [9.17, 15) is 10.2 Å². The van der Waals surface area contributed by atoms with Crippen molar-refractivity contribution in [1.29, 1.82) is 0 Å². The van der Waals surface area contributed by atoms with E-state index in [1.165, 1.54) is 5.57 Å². The minimum atomic E-state index is -0.188. The highest BCUT2D eigenvalue weighted by molar-refractivity contribution is 5.58. The Morgan fingerprint density at radius 2 is 2.10 bits per heavy atom. The molecule has 20 heavy (non-hydrogen) atoms. The second-order valence-electron chi connectivity index (χ2n) is 5.89. The summed E-state index contributed by atoms with van der Waals surface area (Å²) in [7, 11) is 0. The molecule has 0 saturated carbocycles. The summed E-state index contributed by atoms with van der Waals surface area (Å²) in [6.45, 7) is 5.08. The number of phenolic OH excluding ortho intramolecular Hbond substituents is 2. The number of benzene rings is 1. The molecule has 3 N–H and O–H groups in total. The molecule has 3 nitrogen and oxygen atoms in total. The molecule has 0 bridgehead atoms. The first-order chi connectivity index (χ1) is 9.56. The number of rotatable bonds is 1. The molecule has 0 radical (unpaired) electrons. The standard InChI is InChI=1S/C17H21NO2/c1-11-6-7-14(19)16(20)15(11)17-8-4-3-5-13(17)12(2)18-10-9-17/h3-7,12,18-20H,8-10H2,1-2H3. The largest absolute Gasteiger partial charge is 0.504 e. The maximum atomic E-state index is 10.4. The quantitative estimate of drug-likeness (QED) is 0.688. The minimum Gasteiger partial charge on any atom is -0.504 e. The van der Waals surface area contributed by atoms with Crippen LogP contribution in [0.15, 0.2) is 35.9 Å². The molecule has 0 amide bonds. The smallest absolute Gasteiger partial charge is 0.161 e. The highest BCUT2D eigenvalue weighted by Crippen LogP contribution is 2.50. The minimum absolute atomic E-state index is 0.0277. The molecule has 1 aliphatic heterocycles. The molecule has 106 valence electrons. The van der Waals surface area contributed by atoms with Crippen LogP contribution >= 0.6 is 0 Å². The topological polar surface area (TPSA) is 52.5 Å². The van der Waals surface area contributed by atoms with Gasteiger partial charge in [-0.2, -0.15) is 0 Å². The number of hydrogen-bond acceptors (Lipinski definition) is 3. The average Bonchev–Trinajstić information content (AvgIpc) is 2.44. The van der Waals surface area contributed by atoms with Crippen LogP contribution in [0, 0.1) is 6.92 Å². The Hall–Kier alpha value is -1.74. The molecule has 3 rings (SSSR count). The normalized spacial score (nSPS) is 28.9. The predicted molar refractivity (Wildman–Crippen MR) is 80.1 cm³/mol. The maximum Gasteiger partial charge on any atom is 0.161 e. The number of piperidine rings is 1. The fraction of sp³-hybridized carbons (Fsp3) is 0.412. The predicted octanol–water partition coefficient (Wildman–Crippen LogP) is 2.91. The summed E-state index contributed by atoms with van der Waals surface area (Å²) >= 11 is 0. The summed E-state index contributed by atoms with van der Waals surface area (Å²) < 4.78 is 0. The first-order valence-electron chi connectivity index (χ1n) is 7.19. The number of phenols is 2. The Morgan fingerprint density at radius 3 is 2.90 bits per heavy atom. The molecule has 1 aromatic rings. The summed E-state index contributed by atoms with van der Waals surface area (Å²) in [6.07, 6.45) is 8.22. The van der Waals surface area contributed by atoms with Crippen LogP contribution in [0.1, 0.15) is 30.9 Å². The second-order valence-corrected chi connectivity index (χ2v) is 5.89. The summed E-state index contributed by atoms with van der Waals surface area (Å²) in [4.78, 5) is 0. The molecular formula is C17H21NO2. The maximum absolute atomic E-state index is 10.4. The van der Waals surface area contributed by atoms with Crippen LogP contribution in [0.3, 0.4) is 0 Å². The zero-order chi connectivity index (χ0) is 14.3. The average molecular weight is 271 g/mol. The molecular weight excluding hydrogens is 250 g/mol. The number of allylic oxidation sites excluding steroid dienone is 3. The van der Waals surface area contributed by atoms with Gasteiger partial charge in [0.25, 0.3) is 0 Å². The van der Waals surface area contributed by atoms with E-state index in [2.05, 4.69) is 30.5 Å². The number of fused-ring (bicyclic) bond motifs is 1. The molecule has 2 aliphatic rings. The third kappa shape index (κ3) is 1.77. The van der Waals surface area contributed by atoms with Crippen LogP contribution in [0.5, 0.6) is 11.5 Å². The summed E-state index contributed by atoms with van der Waals surface area (Å²) in [5.41, 5.74) is 3.04. The van der Waals surface area contributed by atoms with Crippen molar-refractivity contribution in [2.75, 3.05) is 6.54 Å². The monoisotopic (exact) mass is 271 g/mol. The van der Waals surface area contributed by atoms with Gasteiger partial charge in [0.2, 0.25) is 0 Å². The lowest BCUT2D eigenvalue weighted by molar-refractivity contribution is 0.330. The molecule has 1 heterocycles. The molecule has 1 saturated heterocycles. The molecule has 1 fully saturated rings. The highest BCUT2D eigenvalue weighted by Gasteiger charge is 2.43. The van der Waals surface area contributed by atoms with Gasteiger partial charge in [-0.15, -0.1) is 0 Å². The molecule has 2 atom stereocenters. The van der Waals surface area contributed by atoms with E-state index < -0.39 is 0 Å². The van der Waals surface area contributed by atoms with Crippen LogP contribution in [0.4, 0.5) is 0 Å². The molecule has 2 unspecified atom stereocenters. The molecule has 0 aromatic heterocycles. The van der Waals surface area contributed by atoms with E-state index in [0.29, 0.717) is 0 Å². The molecule has 1 aromatic carbocycles. The van der Waals surface area contributed by atoms with Gasteiger partial charge >= 0.3 is 0 Å². The van der Waals surface area contributed by atoms with Crippen molar-refractivity contribution in [2.24, 2.45) is 0 Å². The SMILES string of the molecule is Cc1ccc(O)c(O)c1C12CC=CC=C1C(C)NCC2. The number of nitrogens with one attached hydrogen (secondary N) is 1. The zero-order valence-electron chi connectivity index (χ0n) is 12.0. The van der Waals surface area contributed by atoms with Crippen molar-refractivity contribution in [3.05, 3.63) is 47.1 Å². The lowest BCUT2D eigenvalue weighted by atomic mass is 9.62. The Bertz CT molecular complexity index is 603. The summed E-state index contributed by atoms with van der Waals surface area (Å²) in [5.74, 6) is 0.0142. The van der Waals surface area contributed by atoms with Crippen LogP contribution in [-0.4, -0.2) is 22.8 Å². The van der Waals surface area contributed by atoms with Gasteiger partial charge in [-0.3, -0.25) is 0 Å². The van der Waals surface area contributed by atoms with Crippen molar-refractivity contribution in [3.63, 3.8) is 0 Å². The van der Waals surface area contributed by atoms with Crippen LogP contribution in [0.2, 0.25) is 0 Å². The van der Waals surface area contributed by atoms with Crippen LogP contribution < -0.4 is 5.32 Å². The van der Waals surface area contributed by atoms with Crippen molar-refractivity contribution in [3.8, 4) is 11.5 Å². The Balaban J connectivity index is 2.23. The van der Waals surface area contributed by atoms with Gasteiger partial charge in [-0.25, -0.2) is 0 Å². The number of aromatic hydroxyl groups is 2. The number of aryl methyl sites for hydroxylation is 1. The zero-order valence-corrected chi connectivity index (χ0v) is 12.0. The van der Waals surface area contributed by atoms with Gasteiger partial charge in [-0.05, 0) is 50.4 Å². The Labute approximate surface area is 119 Å². The van der Waals surface area contributed by atoms with E-state index in [1.54, 1.807) is 6.07 Å². The van der Waals surface area contributed by atoms with Crippen LogP contribution in [-0.2, 0) is 5.41 Å². The summed E-state index contributed by atoms with van der Waals surface area (Å²) in [6, 6.07) is 3.74. The summed E-state index contributed by atoms with van der Waals surface area (Å²) in [5, 5.41) is 23.8. The van der Waals surface area contributed by atoms with Crippen molar-refractivity contribution < 1.29 is 10.2 Å². The number of hydrogen-bond donors (Lipinski definition) is 3. The van der Waals surface area contributed by atoms with E-state index in [0.717, 1.165) is 30.5 Å². The lowest BCUT2D eigenvalue weighted by Gasteiger charge is -2.45. The van der Waals surface area contributed by atoms with Gasteiger partial charge < -0.3 is 15.5 Å². The van der Waals surface area contributed by atoms with E-state index in [-0.39, 0.29) is 23.0 Å². The Morgan fingerprint density at radius 1 is 1.30 bits per heavy atom. The fourth-order valence-electron chi connectivity index (χ4n) is 3.79. The van der Waals surface area contributed by atoms with E-state index in [4.69, 9.17) is 0 Å². The van der Waals surface area contributed by atoms with Gasteiger partial charge in [0.15, 0.2) is 11.5 Å². The van der Waals surface area contributed by atoms with Gasteiger partial charge in [0, 0.05) is 17.0 Å².